The molecule has 2 atom stereocenters. The Morgan fingerprint density at radius 2 is 1.60 bits per heavy atom. The van der Waals surface area contributed by atoms with Gasteiger partial charge < -0.3 is 25.0 Å². The highest BCUT2D eigenvalue weighted by molar-refractivity contribution is 5.86. The molecule has 0 bridgehead atoms. The lowest BCUT2D eigenvalue weighted by Gasteiger charge is -2.23. The van der Waals surface area contributed by atoms with E-state index in [0.717, 1.165) is 5.56 Å². The molecular formula is C21H22N2O7. The van der Waals surface area contributed by atoms with E-state index in [1.54, 1.807) is 42.5 Å². The maximum absolute atomic E-state index is 12.6. The van der Waals surface area contributed by atoms with Crippen LogP contribution in [0.5, 0.6) is 11.5 Å². The summed E-state index contributed by atoms with van der Waals surface area (Å²) in [5.41, 5.74) is 1.51. The zero-order valence-electron chi connectivity index (χ0n) is 16.0. The third-order valence-electron chi connectivity index (χ3n) is 4.59. The summed E-state index contributed by atoms with van der Waals surface area (Å²) in [5, 5.41) is 23.7. The van der Waals surface area contributed by atoms with Crippen molar-refractivity contribution >= 4 is 17.8 Å². The maximum Gasteiger partial charge on any atom is 0.322 e. The van der Waals surface area contributed by atoms with Crippen LogP contribution in [0.4, 0.5) is 0 Å². The zero-order valence-corrected chi connectivity index (χ0v) is 16.0. The molecule has 0 aromatic heterocycles. The smallest absolute Gasteiger partial charge is 0.322 e. The summed E-state index contributed by atoms with van der Waals surface area (Å²) in [7, 11) is 0. The molecule has 1 aliphatic heterocycles. The summed E-state index contributed by atoms with van der Waals surface area (Å²) < 4.78 is 10.6. The van der Waals surface area contributed by atoms with Crippen LogP contribution in [0.1, 0.15) is 11.1 Å². The minimum atomic E-state index is -1.19. The standard InChI is InChI=1S/C21H22N2O7/c24-19(25)11-22-20(26)15(9-14-6-7-17-18(10-14)30-12-29-17)23-16(21(27)28)8-13-4-2-1-3-5-13/h1-7,10,15-16,23H,8-9,11-12H2,(H,22,26)(H,24,25)(H,27,28). The van der Waals surface area contributed by atoms with Crippen molar-refractivity contribution in [2.24, 2.45) is 0 Å². The van der Waals surface area contributed by atoms with Crippen LogP contribution < -0.4 is 20.1 Å². The first-order valence-electron chi connectivity index (χ1n) is 9.33. The molecule has 4 N–H and O–H groups in total. The van der Waals surface area contributed by atoms with Crippen molar-refractivity contribution in [2.75, 3.05) is 13.3 Å². The average Bonchev–Trinajstić information content (AvgIpc) is 3.19. The van der Waals surface area contributed by atoms with E-state index >= 15 is 0 Å². The van der Waals surface area contributed by atoms with Crippen LogP contribution in [-0.4, -0.2) is 53.5 Å². The van der Waals surface area contributed by atoms with Gasteiger partial charge in [-0.05, 0) is 36.1 Å². The van der Waals surface area contributed by atoms with Gasteiger partial charge in [0.05, 0.1) is 6.04 Å². The van der Waals surface area contributed by atoms with Crippen molar-refractivity contribution in [1.29, 1.82) is 0 Å². The Bertz CT molecular complexity index is 917. The number of amides is 1. The van der Waals surface area contributed by atoms with Gasteiger partial charge in [-0.25, -0.2) is 0 Å². The quantitative estimate of drug-likeness (QED) is 0.449. The van der Waals surface area contributed by atoms with Crippen LogP contribution in [0, 0.1) is 0 Å². The number of carbonyl (C=O) groups is 3. The van der Waals surface area contributed by atoms with Crippen LogP contribution in [0.3, 0.4) is 0 Å². The highest BCUT2D eigenvalue weighted by atomic mass is 16.7. The third kappa shape index (κ3) is 5.71. The molecule has 0 radical (unpaired) electrons. The second-order valence-electron chi connectivity index (χ2n) is 6.80. The van der Waals surface area contributed by atoms with Crippen LogP contribution in [-0.2, 0) is 27.2 Å². The first-order chi connectivity index (χ1) is 14.4. The number of carboxylic acid groups (broad SMARTS) is 2. The number of carboxylic acids is 2. The highest BCUT2D eigenvalue weighted by Crippen LogP contribution is 2.32. The highest BCUT2D eigenvalue weighted by Gasteiger charge is 2.27. The van der Waals surface area contributed by atoms with Crippen molar-refractivity contribution in [1.82, 2.24) is 10.6 Å². The van der Waals surface area contributed by atoms with E-state index in [-0.39, 0.29) is 19.6 Å². The third-order valence-corrected chi connectivity index (χ3v) is 4.59. The second kappa shape index (κ2) is 9.75. The van der Waals surface area contributed by atoms with Crippen molar-refractivity contribution in [3.8, 4) is 11.5 Å². The predicted molar refractivity (Wildman–Crippen MR) is 105 cm³/mol. The van der Waals surface area contributed by atoms with E-state index < -0.39 is 36.5 Å². The molecule has 0 saturated heterocycles. The lowest BCUT2D eigenvalue weighted by molar-refractivity contribution is -0.141. The van der Waals surface area contributed by atoms with Crippen LogP contribution in [0.2, 0.25) is 0 Å². The van der Waals surface area contributed by atoms with Crippen LogP contribution in [0.15, 0.2) is 48.5 Å². The number of ether oxygens (including phenoxy) is 2. The Morgan fingerprint density at radius 1 is 0.900 bits per heavy atom. The molecule has 9 nitrogen and oxygen atoms in total. The van der Waals surface area contributed by atoms with E-state index in [9.17, 15) is 19.5 Å². The van der Waals surface area contributed by atoms with Crippen LogP contribution >= 0.6 is 0 Å². The van der Waals surface area contributed by atoms with Crippen molar-refractivity contribution < 1.29 is 34.1 Å². The second-order valence-corrected chi connectivity index (χ2v) is 6.80. The van der Waals surface area contributed by atoms with E-state index in [0.29, 0.717) is 17.1 Å². The number of aliphatic carboxylic acids is 2. The maximum atomic E-state index is 12.6. The summed E-state index contributed by atoms with van der Waals surface area (Å²) in [6.07, 6.45) is 0.306. The van der Waals surface area contributed by atoms with Crippen molar-refractivity contribution in [2.45, 2.75) is 24.9 Å². The number of nitrogens with one attached hydrogen (secondary N) is 2. The largest absolute Gasteiger partial charge is 0.480 e. The SMILES string of the molecule is O=C(O)CNC(=O)C(Cc1ccc2c(c1)OCO2)NC(Cc1ccccc1)C(=O)O. The van der Waals surface area contributed by atoms with E-state index in [1.165, 1.54) is 0 Å². The number of benzene rings is 2. The number of hydrogen-bond acceptors (Lipinski definition) is 6. The molecule has 9 heteroatoms. The van der Waals surface area contributed by atoms with Gasteiger partial charge >= 0.3 is 11.9 Å². The lowest BCUT2D eigenvalue weighted by Crippen LogP contribution is -2.53. The summed E-state index contributed by atoms with van der Waals surface area (Å²) in [6.45, 7) is -0.452. The Hall–Kier alpha value is -3.59. The minimum absolute atomic E-state index is 0.109. The summed E-state index contributed by atoms with van der Waals surface area (Å²) in [6, 6.07) is 12.2. The fourth-order valence-corrected chi connectivity index (χ4v) is 3.13. The van der Waals surface area contributed by atoms with Gasteiger partial charge in [-0.15, -0.1) is 0 Å². The summed E-state index contributed by atoms with van der Waals surface area (Å²) >= 11 is 0. The van der Waals surface area contributed by atoms with Gasteiger partial charge in [0.15, 0.2) is 11.5 Å². The molecule has 1 aliphatic rings. The summed E-state index contributed by atoms with van der Waals surface area (Å²) in [4.78, 5) is 35.2. The minimum Gasteiger partial charge on any atom is -0.480 e. The molecule has 1 heterocycles. The molecule has 30 heavy (non-hydrogen) atoms. The normalized spacial score (nSPS) is 14.0. The number of fused-ring (bicyclic) bond motifs is 1. The lowest BCUT2D eigenvalue weighted by atomic mass is 10.0. The molecular weight excluding hydrogens is 392 g/mol. The molecule has 1 amide bonds. The molecule has 2 aromatic rings. The Morgan fingerprint density at radius 3 is 2.30 bits per heavy atom. The van der Waals surface area contributed by atoms with Crippen LogP contribution in [0.25, 0.3) is 0 Å². The fraction of sp³-hybridized carbons (Fsp3) is 0.286. The number of rotatable bonds is 10. The molecule has 3 rings (SSSR count). The molecule has 0 spiro atoms. The van der Waals surface area contributed by atoms with Gasteiger partial charge in [0, 0.05) is 0 Å². The summed E-state index contributed by atoms with van der Waals surface area (Å²) in [5.74, 6) is -1.78. The monoisotopic (exact) mass is 414 g/mol. The number of carbonyl (C=O) groups excluding carboxylic acids is 1. The first-order valence-corrected chi connectivity index (χ1v) is 9.33. The molecule has 0 aliphatic carbocycles. The van der Waals surface area contributed by atoms with Crippen molar-refractivity contribution in [3.05, 3.63) is 59.7 Å². The molecule has 2 aromatic carbocycles. The van der Waals surface area contributed by atoms with E-state index in [1.807, 2.05) is 6.07 Å². The van der Waals surface area contributed by atoms with Gasteiger partial charge in [0.2, 0.25) is 12.7 Å². The van der Waals surface area contributed by atoms with Gasteiger partial charge in [0.1, 0.15) is 12.6 Å². The fourth-order valence-electron chi connectivity index (χ4n) is 3.13. The average molecular weight is 414 g/mol. The first kappa shape index (κ1) is 21.1. The Labute approximate surface area is 172 Å². The molecule has 158 valence electrons. The van der Waals surface area contributed by atoms with Gasteiger partial charge in [-0.2, -0.15) is 0 Å². The Balaban J connectivity index is 1.77. The molecule has 0 fully saturated rings. The Kier molecular flexibility index (Phi) is 6.87. The van der Waals surface area contributed by atoms with Gasteiger partial charge in [0.25, 0.3) is 0 Å². The van der Waals surface area contributed by atoms with E-state index in [2.05, 4.69) is 10.6 Å². The van der Waals surface area contributed by atoms with E-state index in [4.69, 9.17) is 14.6 Å². The van der Waals surface area contributed by atoms with Crippen molar-refractivity contribution in [3.63, 3.8) is 0 Å². The predicted octanol–water partition coefficient (Wildman–Crippen LogP) is 0.813. The molecule has 2 unspecified atom stereocenters. The zero-order chi connectivity index (χ0) is 21.5. The number of hydrogen-bond donors (Lipinski definition) is 4. The topological polar surface area (TPSA) is 134 Å². The molecule has 0 saturated carbocycles. The van der Waals surface area contributed by atoms with Gasteiger partial charge in [-0.3, -0.25) is 19.7 Å². The van der Waals surface area contributed by atoms with Gasteiger partial charge in [-0.1, -0.05) is 36.4 Å².